The molecule has 1 heterocycles. The molecule has 90 valence electrons. The molecule has 2 aromatic rings. The molecule has 3 N–H and O–H groups in total. The lowest BCUT2D eigenvalue weighted by Gasteiger charge is -2.08. The van der Waals surface area contributed by atoms with Crippen LogP contribution in [-0.2, 0) is 6.54 Å². The smallest absolute Gasteiger partial charge is 0.262 e. The van der Waals surface area contributed by atoms with Crippen LogP contribution in [0.3, 0.4) is 0 Å². The van der Waals surface area contributed by atoms with Gasteiger partial charge < -0.3 is 10.8 Å². The highest BCUT2D eigenvalue weighted by molar-refractivity contribution is 6.28. The van der Waals surface area contributed by atoms with Crippen LogP contribution in [0.25, 0.3) is 10.9 Å². The van der Waals surface area contributed by atoms with E-state index in [-0.39, 0.29) is 22.1 Å². The number of phenols is 1. The highest BCUT2D eigenvalue weighted by atomic mass is 35.5. The summed E-state index contributed by atoms with van der Waals surface area (Å²) in [5.41, 5.74) is 5.36. The highest BCUT2D eigenvalue weighted by Crippen LogP contribution is 2.21. The lowest BCUT2D eigenvalue weighted by atomic mass is 10.2. The normalized spacial score (nSPS) is 10.9. The molecule has 0 saturated heterocycles. The number of aromatic hydroxyl groups is 1. The second kappa shape index (κ2) is 4.73. The van der Waals surface area contributed by atoms with Gasteiger partial charge in [0.1, 0.15) is 11.3 Å². The van der Waals surface area contributed by atoms with E-state index >= 15 is 0 Å². The van der Waals surface area contributed by atoms with E-state index in [0.717, 1.165) is 0 Å². The SMILES string of the molecule is NCCCn1c(Cl)nc2c(O)cccc2c1=O. The van der Waals surface area contributed by atoms with Crippen molar-refractivity contribution in [2.75, 3.05) is 6.54 Å². The molecule has 0 atom stereocenters. The van der Waals surface area contributed by atoms with E-state index in [0.29, 0.717) is 24.9 Å². The fourth-order valence-corrected chi connectivity index (χ4v) is 1.89. The van der Waals surface area contributed by atoms with E-state index in [1.165, 1.54) is 10.6 Å². The molecule has 0 aliphatic carbocycles. The molecular formula is C11H12ClN3O2. The van der Waals surface area contributed by atoms with Crippen LogP contribution in [-0.4, -0.2) is 21.2 Å². The molecule has 0 bridgehead atoms. The monoisotopic (exact) mass is 253 g/mol. The number of hydrogen-bond donors (Lipinski definition) is 2. The number of para-hydroxylation sites is 1. The number of phenolic OH excluding ortho intramolecular Hbond substituents is 1. The minimum Gasteiger partial charge on any atom is -0.506 e. The van der Waals surface area contributed by atoms with Crippen molar-refractivity contribution >= 4 is 22.5 Å². The Morgan fingerprint density at radius 3 is 2.94 bits per heavy atom. The van der Waals surface area contributed by atoms with Crippen LogP contribution in [0, 0.1) is 0 Å². The minimum absolute atomic E-state index is 0.0486. The van der Waals surface area contributed by atoms with Gasteiger partial charge in [-0.05, 0) is 36.7 Å². The van der Waals surface area contributed by atoms with Crippen molar-refractivity contribution in [3.05, 3.63) is 33.8 Å². The van der Waals surface area contributed by atoms with Crippen LogP contribution in [0.5, 0.6) is 5.75 Å². The van der Waals surface area contributed by atoms with Gasteiger partial charge in [0.15, 0.2) is 0 Å². The molecule has 0 saturated carbocycles. The molecule has 17 heavy (non-hydrogen) atoms. The van der Waals surface area contributed by atoms with E-state index in [1.54, 1.807) is 12.1 Å². The average molecular weight is 254 g/mol. The third-order valence-corrected chi connectivity index (χ3v) is 2.79. The Labute approximate surface area is 102 Å². The maximum absolute atomic E-state index is 12.1. The van der Waals surface area contributed by atoms with Crippen molar-refractivity contribution in [2.24, 2.45) is 5.73 Å². The molecular weight excluding hydrogens is 242 g/mol. The topological polar surface area (TPSA) is 81.1 Å². The first kappa shape index (κ1) is 11.9. The summed E-state index contributed by atoms with van der Waals surface area (Å²) in [4.78, 5) is 16.1. The fourth-order valence-electron chi connectivity index (χ4n) is 1.65. The first-order valence-electron chi connectivity index (χ1n) is 5.23. The number of rotatable bonds is 3. The lowest BCUT2D eigenvalue weighted by molar-refractivity contribution is 0.480. The molecule has 1 aromatic carbocycles. The predicted molar refractivity (Wildman–Crippen MR) is 66.3 cm³/mol. The van der Waals surface area contributed by atoms with Gasteiger partial charge in [0.25, 0.3) is 5.56 Å². The summed E-state index contributed by atoms with van der Waals surface area (Å²) in [5.74, 6) is -0.0486. The number of aromatic nitrogens is 2. The second-order valence-corrected chi connectivity index (χ2v) is 3.99. The van der Waals surface area contributed by atoms with Gasteiger partial charge in [-0.2, -0.15) is 0 Å². The van der Waals surface area contributed by atoms with Crippen molar-refractivity contribution in [1.29, 1.82) is 0 Å². The molecule has 6 heteroatoms. The minimum atomic E-state index is -0.260. The van der Waals surface area contributed by atoms with Crippen LogP contribution >= 0.6 is 11.6 Å². The summed E-state index contributed by atoms with van der Waals surface area (Å²) < 4.78 is 1.36. The molecule has 0 fully saturated rings. The van der Waals surface area contributed by atoms with Crippen molar-refractivity contribution in [2.45, 2.75) is 13.0 Å². The molecule has 2 rings (SSSR count). The summed E-state index contributed by atoms with van der Waals surface area (Å²) in [6, 6.07) is 4.68. The third kappa shape index (κ3) is 2.11. The van der Waals surface area contributed by atoms with Crippen LogP contribution in [0.1, 0.15) is 6.42 Å². The van der Waals surface area contributed by atoms with Gasteiger partial charge in [-0.3, -0.25) is 9.36 Å². The number of nitrogens with zero attached hydrogens (tertiary/aromatic N) is 2. The molecule has 1 aromatic heterocycles. The molecule has 0 unspecified atom stereocenters. The molecule has 0 spiro atoms. The Morgan fingerprint density at radius 1 is 1.47 bits per heavy atom. The van der Waals surface area contributed by atoms with Gasteiger partial charge in [0.2, 0.25) is 5.28 Å². The Hall–Kier alpha value is -1.59. The fraction of sp³-hybridized carbons (Fsp3) is 0.273. The quantitative estimate of drug-likeness (QED) is 0.803. The zero-order valence-corrected chi connectivity index (χ0v) is 9.81. The summed E-state index contributed by atoms with van der Waals surface area (Å²) in [5, 5.41) is 10.0. The van der Waals surface area contributed by atoms with Gasteiger partial charge in [0.05, 0.1) is 5.39 Å². The molecule has 0 aliphatic heterocycles. The number of hydrogen-bond acceptors (Lipinski definition) is 4. The van der Waals surface area contributed by atoms with Crippen molar-refractivity contribution in [1.82, 2.24) is 9.55 Å². The van der Waals surface area contributed by atoms with E-state index < -0.39 is 0 Å². The third-order valence-electron chi connectivity index (χ3n) is 2.50. The van der Waals surface area contributed by atoms with E-state index in [2.05, 4.69) is 4.98 Å². The number of halogens is 1. The van der Waals surface area contributed by atoms with Gasteiger partial charge in [-0.1, -0.05) is 6.07 Å². The van der Waals surface area contributed by atoms with Gasteiger partial charge in [-0.15, -0.1) is 0 Å². The number of benzene rings is 1. The average Bonchev–Trinajstić information content (AvgIpc) is 2.31. The summed E-state index contributed by atoms with van der Waals surface area (Å²) in [6.45, 7) is 0.896. The van der Waals surface area contributed by atoms with E-state index in [4.69, 9.17) is 17.3 Å². The van der Waals surface area contributed by atoms with Crippen molar-refractivity contribution in [3.8, 4) is 5.75 Å². The lowest BCUT2D eigenvalue weighted by Crippen LogP contribution is -2.23. The summed E-state index contributed by atoms with van der Waals surface area (Å²) in [6.07, 6.45) is 0.644. The zero-order chi connectivity index (χ0) is 12.4. The number of nitrogens with two attached hydrogens (primary N) is 1. The Balaban J connectivity index is 2.68. The van der Waals surface area contributed by atoms with Crippen molar-refractivity contribution in [3.63, 3.8) is 0 Å². The maximum Gasteiger partial charge on any atom is 0.262 e. The van der Waals surface area contributed by atoms with Crippen LogP contribution < -0.4 is 11.3 Å². The maximum atomic E-state index is 12.1. The Kier molecular flexibility index (Phi) is 3.31. The first-order chi connectivity index (χ1) is 8.15. The Bertz CT molecular complexity index is 609. The van der Waals surface area contributed by atoms with E-state index in [9.17, 15) is 9.90 Å². The van der Waals surface area contributed by atoms with Crippen LogP contribution in [0.2, 0.25) is 5.28 Å². The van der Waals surface area contributed by atoms with E-state index in [1.807, 2.05) is 0 Å². The second-order valence-electron chi connectivity index (χ2n) is 3.65. The van der Waals surface area contributed by atoms with Crippen molar-refractivity contribution < 1.29 is 5.11 Å². The first-order valence-corrected chi connectivity index (χ1v) is 5.61. The standard InChI is InChI=1S/C11H12ClN3O2/c12-11-14-9-7(3-1-4-8(9)16)10(17)15(11)6-2-5-13/h1,3-4,16H,2,5-6,13H2. The summed E-state index contributed by atoms with van der Waals surface area (Å²) >= 11 is 5.92. The highest BCUT2D eigenvalue weighted by Gasteiger charge is 2.11. The Morgan fingerprint density at radius 2 is 2.24 bits per heavy atom. The van der Waals surface area contributed by atoms with Gasteiger partial charge in [0, 0.05) is 6.54 Å². The molecule has 0 amide bonds. The van der Waals surface area contributed by atoms with Crippen LogP contribution in [0.15, 0.2) is 23.0 Å². The molecule has 0 radical (unpaired) electrons. The predicted octanol–water partition coefficient (Wildman–Crippen LogP) is 1.10. The molecule has 0 aliphatic rings. The van der Waals surface area contributed by atoms with Gasteiger partial charge in [-0.25, -0.2) is 4.98 Å². The zero-order valence-electron chi connectivity index (χ0n) is 9.06. The summed E-state index contributed by atoms with van der Waals surface area (Å²) in [7, 11) is 0. The number of fused-ring (bicyclic) bond motifs is 1. The van der Waals surface area contributed by atoms with Crippen LogP contribution in [0.4, 0.5) is 0 Å². The largest absolute Gasteiger partial charge is 0.506 e. The van der Waals surface area contributed by atoms with Gasteiger partial charge >= 0.3 is 0 Å². The molecule has 5 nitrogen and oxygen atoms in total.